The highest BCUT2D eigenvalue weighted by atomic mass is 32.1. The first-order chi connectivity index (χ1) is 11.3. The van der Waals surface area contributed by atoms with Gasteiger partial charge in [0.15, 0.2) is 0 Å². The van der Waals surface area contributed by atoms with Gasteiger partial charge >= 0.3 is 6.09 Å². The molecule has 1 amide bonds. The van der Waals surface area contributed by atoms with Crippen LogP contribution in [-0.4, -0.2) is 46.8 Å². The van der Waals surface area contributed by atoms with E-state index in [4.69, 9.17) is 4.74 Å². The van der Waals surface area contributed by atoms with Gasteiger partial charge in [-0.2, -0.15) is 0 Å². The van der Waals surface area contributed by atoms with Gasteiger partial charge in [0.1, 0.15) is 5.60 Å². The molecule has 136 valence electrons. The molecule has 1 aliphatic heterocycles. The lowest BCUT2D eigenvalue weighted by atomic mass is 9.97. The van der Waals surface area contributed by atoms with E-state index in [2.05, 4.69) is 22.6 Å². The molecule has 0 aliphatic carbocycles. The van der Waals surface area contributed by atoms with Crippen molar-refractivity contribution in [2.75, 3.05) is 13.1 Å². The predicted molar refractivity (Wildman–Crippen MR) is 98.6 cm³/mol. The molecule has 0 saturated carbocycles. The second-order valence-electron chi connectivity index (χ2n) is 7.59. The minimum atomic E-state index is -0.446. The monoisotopic (exact) mass is 353 g/mol. The maximum absolute atomic E-state index is 12.5. The van der Waals surface area contributed by atoms with Crippen molar-refractivity contribution in [2.45, 2.75) is 78.0 Å². The zero-order valence-corrected chi connectivity index (χ0v) is 16.4. The maximum Gasteiger partial charge on any atom is 0.410 e. The minimum Gasteiger partial charge on any atom is -0.444 e. The molecule has 6 heteroatoms. The van der Waals surface area contributed by atoms with E-state index < -0.39 is 5.60 Å². The number of likely N-dealkylation sites (tertiary alicyclic amines) is 1. The number of carbonyl (C=O) groups is 1. The number of aryl methyl sites for hydroxylation is 1. The van der Waals surface area contributed by atoms with Crippen molar-refractivity contribution in [1.82, 2.24) is 15.2 Å². The van der Waals surface area contributed by atoms with Crippen molar-refractivity contribution in [3.63, 3.8) is 0 Å². The molecule has 2 rings (SSSR count). The van der Waals surface area contributed by atoms with Crippen LogP contribution in [0.5, 0.6) is 0 Å². The van der Waals surface area contributed by atoms with Crippen LogP contribution in [0.1, 0.15) is 57.7 Å². The Morgan fingerprint density at radius 2 is 2.25 bits per heavy atom. The van der Waals surface area contributed by atoms with Gasteiger partial charge in [-0.3, -0.25) is 0 Å². The SMILES string of the molecule is Cc1nc(CCN[C@@H](C)[C@@H]2CCCCN2C(=O)OC(C)(C)C)cs1. The summed E-state index contributed by atoms with van der Waals surface area (Å²) in [6, 6.07) is 0.448. The quantitative estimate of drug-likeness (QED) is 0.876. The van der Waals surface area contributed by atoms with E-state index in [1.807, 2.05) is 32.6 Å². The number of aromatic nitrogens is 1. The molecule has 0 bridgehead atoms. The van der Waals surface area contributed by atoms with Gasteiger partial charge in [-0.15, -0.1) is 11.3 Å². The van der Waals surface area contributed by atoms with E-state index in [9.17, 15) is 4.79 Å². The molecule has 1 aromatic heterocycles. The molecule has 1 aromatic rings. The van der Waals surface area contributed by atoms with Crippen molar-refractivity contribution in [1.29, 1.82) is 0 Å². The van der Waals surface area contributed by atoms with Crippen LogP contribution < -0.4 is 5.32 Å². The average Bonchev–Trinajstić information content (AvgIpc) is 2.91. The van der Waals surface area contributed by atoms with Gasteiger partial charge in [0, 0.05) is 30.9 Å². The molecule has 1 fully saturated rings. The fraction of sp³-hybridized carbons (Fsp3) is 0.778. The van der Waals surface area contributed by atoms with E-state index in [1.165, 1.54) is 6.42 Å². The summed E-state index contributed by atoms with van der Waals surface area (Å²) < 4.78 is 5.58. The van der Waals surface area contributed by atoms with Gasteiger partial charge in [-0.25, -0.2) is 9.78 Å². The summed E-state index contributed by atoms with van der Waals surface area (Å²) in [6.07, 6.45) is 4.00. The molecule has 0 radical (unpaired) electrons. The lowest BCUT2D eigenvalue weighted by Crippen LogP contribution is -2.54. The zero-order valence-electron chi connectivity index (χ0n) is 15.6. The molecular weight excluding hydrogens is 322 g/mol. The maximum atomic E-state index is 12.5. The van der Waals surface area contributed by atoms with Gasteiger partial charge in [-0.05, 0) is 53.9 Å². The Morgan fingerprint density at radius 1 is 1.50 bits per heavy atom. The Kier molecular flexibility index (Phi) is 6.63. The molecule has 0 spiro atoms. The smallest absolute Gasteiger partial charge is 0.410 e. The van der Waals surface area contributed by atoms with Crippen LogP contribution in [0.15, 0.2) is 5.38 Å². The van der Waals surface area contributed by atoms with E-state index >= 15 is 0 Å². The van der Waals surface area contributed by atoms with Crippen LogP contribution in [0.25, 0.3) is 0 Å². The summed E-state index contributed by atoms with van der Waals surface area (Å²) in [4.78, 5) is 18.9. The number of rotatable bonds is 5. The fourth-order valence-electron chi connectivity index (χ4n) is 3.11. The van der Waals surface area contributed by atoms with Gasteiger partial charge in [0.05, 0.1) is 16.7 Å². The molecule has 5 nitrogen and oxygen atoms in total. The van der Waals surface area contributed by atoms with E-state index in [1.54, 1.807) is 11.3 Å². The van der Waals surface area contributed by atoms with Crippen molar-refractivity contribution in [2.24, 2.45) is 0 Å². The summed E-state index contributed by atoms with van der Waals surface area (Å²) >= 11 is 1.69. The Morgan fingerprint density at radius 3 is 2.88 bits per heavy atom. The third kappa shape index (κ3) is 5.74. The Hall–Kier alpha value is -1.14. The Balaban J connectivity index is 1.87. The molecule has 0 unspecified atom stereocenters. The Labute approximate surface area is 149 Å². The number of ether oxygens (including phenoxy) is 1. The lowest BCUT2D eigenvalue weighted by Gasteiger charge is -2.40. The van der Waals surface area contributed by atoms with E-state index in [0.717, 1.165) is 43.1 Å². The molecule has 1 saturated heterocycles. The standard InChI is InChI=1S/C18H31N3O2S/c1-13(19-10-9-15-12-24-14(2)20-15)16-8-6-7-11-21(16)17(22)23-18(3,4)5/h12-13,16,19H,6-11H2,1-5H3/t13-,16-/m0/s1. The van der Waals surface area contributed by atoms with Crippen LogP contribution in [-0.2, 0) is 11.2 Å². The number of thiazole rings is 1. The number of nitrogens with one attached hydrogen (secondary N) is 1. The highest BCUT2D eigenvalue weighted by Crippen LogP contribution is 2.22. The van der Waals surface area contributed by atoms with Crippen molar-refractivity contribution in [3.8, 4) is 0 Å². The van der Waals surface area contributed by atoms with Crippen molar-refractivity contribution >= 4 is 17.4 Å². The number of hydrogen-bond acceptors (Lipinski definition) is 5. The van der Waals surface area contributed by atoms with Gasteiger partial charge in [0.25, 0.3) is 0 Å². The number of nitrogens with zero attached hydrogens (tertiary/aromatic N) is 2. The first-order valence-corrected chi connectivity index (χ1v) is 9.78. The van der Waals surface area contributed by atoms with Crippen LogP contribution in [0.3, 0.4) is 0 Å². The van der Waals surface area contributed by atoms with Crippen LogP contribution in [0.2, 0.25) is 0 Å². The number of piperidine rings is 1. The highest BCUT2D eigenvalue weighted by molar-refractivity contribution is 7.09. The molecule has 1 aliphatic rings. The summed E-state index contributed by atoms with van der Waals surface area (Å²) in [7, 11) is 0. The molecular formula is C18H31N3O2S. The van der Waals surface area contributed by atoms with E-state index in [-0.39, 0.29) is 18.2 Å². The van der Waals surface area contributed by atoms with Crippen LogP contribution >= 0.6 is 11.3 Å². The first kappa shape index (κ1) is 19.2. The molecule has 24 heavy (non-hydrogen) atoms. The second-order valence-corrected chi connectivity index (χ2v) is 8.65. The van der Waals surface area contributed by atoms with Crippen molar-refractivity contribution < 1.29 is 9.53 Å². The lowest BCUT2D eigenvalue weighted by molar-refractivity contribution is 0.00564. The third-order valence-corrected chi connectivity index (χ3v) is 5.09. The Bertz CT molecular complexity index is 539. The highest BCUT2D eigenvalue weighted by Gasteiger charge is 2.33. The second kappa shape index (κ2) is 8.30. The molecule has 2 heterocycles. The normalized spacial score (nSPS) is 20.0. The fourth-order valence-corrected chi connectivity index (χ4v) is 3.76. The predicted octanol–water partition coefficient (Wildman–Crippen LogP) is 3.76. The third-order valence-electron chi connectivity index (χ3n) is 4.27. The summed E-state index contributed by atoms with van der Waals surface area (Å²) in [5, 5.41) is 6.81. The van der Waals surface area contributed by atoms with E-state index in [0.29, 0.717) is 0 Å². The molecule has 0 aromatic carbocycles. The summed E-state index contributed by atoms with van der Waals surface area (Å²) in [5.74, 6) is 0. The minimum absolute atomic E-state index is 0.184. The molecule has 1 N–H and O–H groups in total. The number of amides is 1. The first-order valence-electron chi connectivity index (χ1n) is 8.90. The molecule has 2 atom stereocenters. The van der Waals surface area contributed by atoms with Gasteiger partial charge in [-0.1, -0.05) is 0 Å². The summed E-state index contributed by atoms with van der Waals surface area (Å²) in [5.41, 5.74) is 0.697. The van der Waals surface area contributed by atoms with Crippen LogP contribution in [0, 0.1) is 6.92 Å². The van der Waals surface area contributed by atoms with Gasteiger partial charge in [0.2, 0.25) is 0 Å². The number of hydrogen-bond donors (Lipinski definition) is 1. The van der Waals surface area contributed by atoms with Crippen molar-refractivity contribution in [3.05, 3.63) is 16.1 Å². The largest absolute Gasteiger partial charge is 0.444 e. The number of carbonyl (C=O) groups excluding carboxylic acids is 1. The van der Waals surface area contributed by atoms with Crippen LogP contribution in [0.4, 0.5) is 4.79 Å². The topological polar surface area (TPSA) is 54.5 Å². The summed E-state index contributed by atoms with van der Waals surface area (Å²) in [6.45, 7) is 11.6. The average molecular weight is 354 g/mol. The zero-order chi connectivity index (χ0) is 17.7. The van der Waals surface area contributed by atoms with Gasteiger partial charge < -0.3 is 15.0 Å².